The first-order valence-electron chi connectivity index (χ1n) is 29.4. The lowest BCUT2D eigenvalue weighted by atomic mass is 9.96. The van der Waals surface area contributed by atoms with Crippen molar-refractivity contribution in [2.45, 2.75) is 176 Å². The lowest BCUT2D eigenvalue weighted by Crippen LogP contribution is -2.38. The van der Waals surface area contributed by atoms with E-state index < -0.39 is 29.8 Å². The molecule has 0 radical (unpaired) electrons. The number of hydrogen-bond acceptors (Lipinski definition) is 10. The smallest absolute Gasteiger partial charge is 0.308 e. The van der Waals surface area contributed by atoms with E-state index in [0.29, 0.717) is 62.4 Å². The number of hydrogen-bond donors (Lipinski definition) is 10. The number of benzene rings is 5. The molecule has 0 spiro atoms. The number of carbonyl (C=O) groups is 5. The van der Waals surface area contributed by atoms with Gasteiger partial charge in [0.15, 0.2) is 0 Å². The zero-order valence-corrected chi connectivity index (χ0v) is 51.2. The zero-order valence-electron chi connectivity index (χ0n) is 51.2. The molecule has 0 bridgehead atoms. The first kappa shape index (κ1) is 74.3. The van der Waals surface area contributed by atoms with Crippen LogP contribution in [0.3, 0.4) is 0 Å². The van der Waals surface area contributed by atoms with Gasteiger partial charge in [-0.05, 0) is 91.8 Å². The molecule has 5 aromatic rings. The number of carboxylic acid groups (broad SMARTS) is 5. The van der Waals surface area contributed by atoms with Gasteiger partial charge in [-0.25, -0.2) is 0 Å². The largest absolute Gasteiger partial charge is 0.481 e. The van der Waals surface area contributed by atoms with Crippen LogP contribution in [0.5, 0.6) is 0 Å². The van der Waals surface area contributed by atoms with Crippen LogP contribution in [0, 0.1) is 17.8 Å². The molecule has 5 rings (SSSR count). The molecule has 0 heterocycles. The van der Waals surface area contributed by atoms with E-state index in [4.69, 9.17) is 20.4 Å². The van der Waals surface area contributed by atoms with Gasteiger partial charge in [-0.1, -0.05) is 221 Å². The Morgan fingerprint density at radius 3 is 1.04 bits per heavy atom. The minimum atomic E-state index is -0.755. The second-order valence-corrected chi connectivity index (χ2v) is 22.6. The molecule has 0 aliphatic heterocycles. The maximum absolute atomic E-state index is 11.2. The summed E-state index contributed by atoms with van der Waals surface area (Å²) in [6.07, 6.45) is 5.57. The molecule has 0 saturated heterocycles. The molecule has 15 heteroatoms. The SMILES string of the molecule is CC(C)NC(CC(=O)O)Cc1ccccc1.CC(C)NC(CCC(=O)O)Cc1ccccc1.CC(C)NCC(CC(=O)O)Cc1ccccc1.CC(C)NCC(Cc1ccccc1)C(=O)O.CC(C)NCCC(Cc1ccccc1)C(=O)O. The molecule has 5 atom stereocenters. The Morgan fingerprint density at radius 2 is 0.687 bits per heavy atom. The average molecular weight is 1150 g/mol. The summed E-state index contributed by atoms with van der Waals surface area (Å²) in [4.78, 5) is 54.4. The van der Waals surface area contributed by atoms with E-state index in [1.807, 2.05) is 167 Å². The van der Waals surface area contributed by atoms with Crippen LogP contribution < -0.4 is 26.6 Å². The van der Waals surface area contributed by atoms with E-state index in [-0.39, 0.29) is 49.1 Å². The first-order chi connectivity index (χ1) is 39.4. The number of nitrogens with one attached hydrogen (secondary N) is 5. The summed E-state index contributed by atoms with van der Waals surface area (Å²) >= 11 is 0. The normalized spacial score (nSPS) is 12.7. The fraction of sp³-hybridized carbons (Fsp3) is 0.485. The molecule has 15 nitrogen and oxygen atoms in total. The Hall–Kier alpha value is -6.75. The van der Waals surface area contributed by atoms with E-state index >= 15 is 0 Å². The minimum absolute atomic E-state index is 0.0000926. The summed E-state index contributed by atoms with van der Waals surface area (Å²) in [6.45, 7) is 22.5. The first-order valence-corrected chi connectivity index (χ1v) is 29.4. The van der Waals surface area contributed by atoms with Crippen LogP contribution in [0.4, 0.5) is 0 Å². The maximum Gasteiger partial charge on any atom is 0.308 e. The standard InChI is InChI=1S/3C14H21NO2.2C13H19NO2/c1-11(2)15-10-13(9-14(16)17)8-12-6-4-3-5-7-12;1-11(2)15-9-8-13(14(16)17)10-12-6-4-3-5-7-12;1-11(2)15-13(8-9-14(16)17)10-12-6-4-3-5-7-12;1-10(2)14-9-12(13(15)16)8-11-6-4-3-5-7-11;1-10(2)14-12(9-13(15)16)8-11-6-4-3-5-7-11/h3*3-7,11,13,15H,8-10H2,1-2H3,(H,16,17);2*3-7,10,12,14H,8-9H2,1-2H3,(H,15,16). The summed E-state index contributed by atoms with van der Waals surface area (Å²) < 4.78 is 0. The van der Waals surface area contributed by atoms with Gasteiger partial charge in [0, 0.05) is 61.7 Å². The Morgan fingerprint density at radius 1 is 0.349 bits per heavy atom. The van der Waals surface area contributed by atoms with Crippen molar-refractivity contribution in [1.82, 2.24) is 26.6 Å². The van der Waals surface area contributed by atoms with Crippen molar-refractivity contribution in [3.63, 3.8) is 0 Å². The van der Waals surface area contributed by atoms with E-state index in [1.54, 1.807) is 0 Å². The summed E-state index contributed by atoms with van der Waals surface area (Å²) in [5.74, 6) is -4.17. The molecule has 0 saturated carbocycles. The highest BCUT2D eigenvalue weighted by atomic mass is 16.4. The molecule has 0 aliphatic carbocycles. The van der Waals surface area contributed by atoms with Gasteiger partial charge in [-0.15, -0.1) is 0 Å². The van der Waals surface area contributed by atoms with Gasteiger partial charge in [0.05, 0.1) is 18.3 Å². The summed E-state index contributed by atoms with van der Waals surface area (Å²) in [6, 6.07) is 51.7. The number of aliphatic carboxylic acids is 5. The number of carboxylic acids is 5. The van der Waals surface area contributed by atoms with Crippen LogP contribution in [0.15, 0.2) is 152 Å². The Labute approximate surface area is 496 Å². The van der Waals surface area contributed by atoms with E-state index in [2.05, 4.69) is 80.3 Å². The van der Waals surface area contributed by atoms with Crippen molar-refractivity contribution >= 4 is 29.8 Å². The van der Waals surface area contributed by atoms with Gasteiger partial charge in [0.25, 0.3) is 0 Å². The van der Waals surface area contributed by atoms with Gasteiger partial charge in [0.2, 0.25) is 0 Å². The van der Waals surface area contributed by atoms with Gasteiger partial charge in [-0.2, -0.15) is 0 Å². The predicted octanol–water partition coefficient (Wildman–Crippen LogP) is 11.1. The molecule has 458 valence electrons. The topological polar surface area (TPSA) is 247 Å². The fourth-order valence-electron chi connectivity index (χ4n) is 8.78. The number of rotatable bonds is 33. The molecule has 0 aliphatic rings. The van der Waals surface area contributed by atoms with Gasteiger partial charge in [0.1, 0.15) is 0 Å². The highest BCUT2D eigenvalue weighted by molar-refractivity contribution is 5.71. The molecule has 0 amide bonds. The second-order valence-electron chi connectivity index (χ2n) is 22.6. The molecule has 83 heavy (non-hydrogen) atoms. The van der Waals surface area contributed by atoms with Crippen LogP contribution in [0.2, 0.25) is 0 Å². The van der Waals surface area contributed by atoms with Crippen LogP contribution in [0.1, 0.15) is 129 Å². The molecule has 0 fully saturated rings. The van der Waals surface area contributed by atoms with E-state index in [1.165, 1.54) is 16.7 Å². The Bertz CT molecular complexity index is 2450. The quantitative estimate of drug-likeness (QED) is 0.0188. The van der Waals surface area contributed by atoms with Crippen LogP contribution >= 0.6 is 0 Å². The van der Waals surface area contributed by atoms with Crippen molar-refractivity contribution in [1.29, 1.82) is 0 Å². The van der Waals surface area contributed by atoms with Crippen LogP contribution in [-0.4, -0.2) is 117 Å². The van der Waals surface area contributed by atoms with Crippen molar-refractivity contribution < 1.29 is 49.5 Å². The van der Waals surface area contributed by atoms with Crippen molar-refractivity contribution in [2.24, 2.45) is 17.8 Å². The zero-order chi connectivity index (χ0) is 62.0. The summed E-state index contributed by atoms with van der Waals surface area (Å²) in [7, 11) is 0. The third kappa shape index (κ3) is 41.8. The highest BCUT2D eigenvalue weighted by Gasteiger charge is 2.20. The minimum Gasteiger partial charge on any atom is -0.481 e. The van der Waals surface area contributed by atoms with Crippen LogP contribution in [-0.2, 0) is 56.1 Å². The van der Waals surface area contributed by atoms with Crippen molar-refractivity contribution in [2.75, 3.05) is 19.6 Å². The molecule has 5 aromatic carbocycles. The highest BCUT2D eigenvalue weighted by Crippen LogP contribution is 2.15. The Balaban J connectivity index is 0.000000519. The van der Waals surface area contributed by atoms with E-state index in [9.17, 15) is 29.1 Å². The molecule has 10 N–H and O–H groups in total. The lowest BCUT2D eigenvalue weighted by molar-refractivity contribution is -0.142. The van der Waals surface area contributed by atoms with Gasteiger partial charge >= 0.3 is 29.8 Å². The van der Waals surface area contributed by atoms with Gasteiger partial charge in [-0.3, -0.25) is 24.0 Å². The lowest BCUT2D eigenvalue weighted by Gasteiger charge is -2.20. The Kier molecular flexibility index (Phi) is 40.1. The monoisotopic (exact) mass is 1150 g/mol. The maximum atomic E-state index is 11.2. The third-order valence-electron chi connectivity index (χ3n) is 12.7. The molecular weight excluding hydrogens is 1050 g/mol. The fourth-order valence-corrected chi connectivity index (χ4v) is 8.78. The van der Waals surface area contributed by atoms with Gasteiger partial charge < -0.3 is 52.1 Å². The van der Waals surface area contributed by atoms with Crippen molar-refractivity contribution in [3.8, 4) is 0 Å². The average Bonchev–Trinajstić information content (AvgIpc) is 3.42. The predicted molar refractivity (Wildman–Crippen MR) is 336 cm³/mol. The molecule has 5 unspecified atom stereocenters. The molecular formula is C68H101N5O10. The summed E-state index contributed by atoms with van der Waals surface area (Å²) in [5.41, 5.74) is 5.77. The van der Waals surface area contributed by atoms with E-state index in [0.717, 1.165) is 43.5 Å². The van der Waals surface area contributed by atoms with Crippen LogP contribution in [0.25, 0.3) is 0 Å². The van der Waals surface area contributed by atoms with Crippen molar-refractivity contribution in [3.05, 3.63) is 179 Å². The summed E-state index contributed by atoms with van der Waals surface area (Å²) in [5, 5.41) is 61.2. The second kappa shape index (κ2) is 44.8. The molecule has 0 aromatic heterocycles. The third-order valence-corrected chi connectivity index (χ3v) is 12.7.